The van der Waals surface area contributed by atoms with Crippen LogP contribution in [0.25, 0.3) is 5.65 Å². The molecule has 0 atom stereocenters. The highest BCUT2D eigenvalue weighted by Crippen LogP contribution is 2.29. The fourth-order valence-corrected chi connectivity index (χ4v) is 1.36. The van der Waals surface area contributed by atoms with Crippen molar-refractivity contribution in [2.45, 2.75) is 12.7 Å². The summed E-state index contributed by atoms with van der Waals surface area (Å²) in [6.07, 6.45) is -1.54. The summed E-state index contributed by atoms with van der Waals surface area (Å²) in [6, 6.07) is 2.01. The maximum atomic E-state index is 12.3. The zero-order valence-corrected chi connectivity index (χ0v) is 7.62. The monoisotopic (exact) mass is 215 g/mol. The first-order chi connectivity index (χ1) is 7.02. The fourth-order valence-electron chi connectivity index (χ4n) is 1.36. The van der Waals surface area contributed by atoms with Crippen LogP contribution < -0.4 is 5.73 Å². The Bertz CT molecular complexity index is 487. The highest BCUT2D eigenvalue weighted by Gasteiger charge is 2.30. The minimum absolute atomic E-state index is 0.243. The number of nitrogens with zero attached hydrogens (tertiary/aromatic N) is 2. The Morgan fingerprint density at radius 2 is 2.13 bits per heavy atom. The summed E-state index contributed by atoms with van der Waals surface area (Å²) in [4.78, 5) is 3.85. The van der Waals surface area contributed by atoms with Gasteiger partial charge in [-0.1, -0.05) is 0 Å². The molecule has 15 heavy (non-hydrogen) atoms. The third-order valence-electron chi connectivity index (χ3n) is 2.13. The van der Waals surface area contributed by atoms with Crippen molar-refractivity contribution in [3.8, 4) is 0 Å². The van der Waals surface area contributed by atoms with Gasteiger partial charge in [0.25, 0.3) is 0 Å². The number of nitrogens with two attached hydrogens (primary N) is 1. The number of aromatic nitrogens is 2. The van der Waals surface area contributed by atoms with E-state index in [1.165, 1.54) is 16.8 Å². The Labute approximate surface area is 83.3 Å². The van der Waals surface area contributed by atoms with Crippen LogP contribution in [0.4, 0.5) is 13.2 Å². The predicted molar refractivity (Wildman–Crippen MR) is 48.1 cm³/mol. The fraction of sp³-hybridized carbons (Fsp3) is 0.222. The number of hydrogen-bond acceptors (Lipinski definition) is 2. The first-order valence-corrected chi connectivity index (χ1v) is 4.25. The van der Waals surface area contributed by atoms with E-state index in [-0.39, 0.29) is 12.2 Å². The van der Waals surface area contributed by atoms with Crippen molar-refractivity contribution < 1.29 is 13.2 Å². The first kappa shape index (κ1) is 9.97. The molecular formula is C9H8F3N3. The molecule has 0 radical (unpaired) electrons. The number of pyridine rings is 1. The number of hydrogen-bond donors (Lipinski definition) is 1. The molecule has 80 valence electrons. The normalized spacial score (nSPS) is 12.3. The molecule has 0 aliphatic carbocycles. The second-order valence-electron chi connectivity index (χ2n) is 3.10. The minimum atomic E-state index is -4.34. The van der Waals surface area contributed by atoms with E-state index in [4.69, 9.17) is 5.73 Å². The Morgan fingerprint density at radius 1 is 1.40 bits per heavy atom. The van der Waals surface area contributed by atoms with Gasteiger partial charge >= 0.3 is 6.18 Å². The van der Waals surface area contributed by atoms with E-state index in [1.54, 1.807) is 0 Å². The van der Waals surface area contributed by atoms with Crippen LogP contribution in [0, 0.1) is 0 Å². The summed E-state index contributed by atoms with van der Waals surface area (Å²) < 4.78 is 38.6. The lowest BCUT2D eigenvalue weighted by Crippen LogP contribution is -2.06. The third-order valence-corrected chi connectivity index (χ3v) is 2.13. The number of alkyl halides is 3. The molecule has 0 bridgehead atoms. The topological polar surface area (TPSA) is 43.3 Å². The van der Waals surface area contributed by atoms with Gasteiger partial charge in [0.05, 0.1) is 17.5 Å². The van der Waals surface area contributed by atoms with Gasteiger partial charge in [-0.15, -0.1) is 0 Å². The summed E-state index contributed by atoms with van der Waals surface area (Å²) >= 11 is 0. The van der Waals surface area contributed by atoms with Crippen molar-refractivity contribution in [1.82, 2.24) is 9.38 Å². The van der Waals surface area contributed by atoms with Gasteiger partial charge in [-0.05, 0) is 12.1 Å². The van der Waals surface area contributed by atoms with Crippen LogP contribution in [-0.4, -0.2) is 9.38 Å². The van der Waals surface area contributed by atoms with Gasteiger partial charge in [-0.2, -0.15) is 13.2 Å². The van der Waals surface area contributed by atoms with Crippen molar-refractivity contribution in [3.05, 3.63) is 35.8 Å². The summed E-state index contributed by atoms with van der Waals surface area (Å²) in [5, 5.41) is 0. The number of rotatable bonds is 1. The highest BCUT2D eigenvalue weighted by atomic mass is 19.4. The molecule has 2 heterocycles. The van der Waals surface area contributed by atoms with Gasteiger partial charge in [0.15, 0.2) is 0 Å². The smallest absolute Gasteiger partial charge is 0.325 e. The van der Waals surface area contributed by atoms with Gasteiger partial charge in [0, 0.05) is 12.7 Å². The summed E-state index contributed by atoms with van der Waals surface area (Å²) in [5.74, 6) is 0. The predicted octanol–water partition coefficient (Wildman–Crippen LogP) is 1.81. The standard InChI is InChI=1S/C9H8F3N3/c10-9(11,12)6-1-2-15-7(4-13)5-14-8(15)3-6/h1-3,5H,4,13H2. The molecule has 0 aliphatic rings. The average Bonchev–Trinajstić information content (AvgIpc) is 2.58. The van der Waals surface area contributed by atoms with Crippen LogP contribution >= 0.6 is 0 Å². The van der Waals surface area contributed by atoms with Gasteiger partial charge in [0.2, 0.25) is 0 Å². The maximum Gasteiger partial charge on any atom is 0.416 e. The maximum absolute atomic E-state index is 12.3. The van der Waals surface area contributed by atoms with Gasteiger partial charge in [-0.3, -0.25) is 0 Å². The van der Waals surface area contributed by atoms with E-state index in [2.05, 4.69) is 4.98 Å². The van der Waals surface area contributed by atoms with Crippen LogP contribution in [-0.2, 0) is 12.7 Å². The number of halogens is 3. The first-order valence-electron chi connectivity index (χ1n) is 4.25. The molecule has 0 aliphatic heterocycles. The Morgan fingerprint density at radius 3 is 2.73 bits per heavy atom. The van der Waals surface area contributed by atoms with Gasteiger partial charge in [-0.25, -0.2) is 4.98 Å². The lowest BCUT2D eigenvalue weighted by atomic mass is 10.2. The van der Waals surface area contributed by atoms with E-state index >= 15 is 0 Å². The van der Waals surface area contributed by atoms with Crippen molar-refractivity contribution in [1.29, 1.82) is 0 Å². The van der Waals surface area contributed by atoms with Crippen LogP contribution in [0.3, 0.4) is 0 Å². The molecule has 2 N–H and O–H groups in total. The molecular weight excluding hydrogens is 207 g/mol. The Hall–Kier alpha value is -1.56. The van der Waals surface area contributed by atoms with Crippen LogP contribution in [0.15, 0.2) is 24.5 Å². The van der Waals surface area contributed by atoms with Crippen LogP contribution in [0.1, 0.15) is 11.3 Å². The average molecular weight is 215 g/mol. The molecule has 0 amide bonds. The van der Waals surface area contributed by atoms with E-state index < -0.39 is 11.7 Å². The van der Waals surface area contributed by atoms with E-state index in [9.17, 15) is 13.2 Å². The number of imidazole rings is 1. The molecule has 0 fully saturated rings. The van der Waals surface area contributed by atoms with Crippen molar-refractivity contribution >= 4 is 5.65 Å². The molecule has 3 nitrogen and oxygen atoms in total. The molecule has 2 aromatic heterocycles. The van der Waals surface area contributed by atoms with Gasteiger partial charge in [0.1, 0.15) is 5.65 Å². The highest BCUT2D eigenvalue weighted by molar-refractivity contribution is 5.44. The Balaban J connectivity index is 2.58. The largest absolute Gasteiger partial charge is 0.416 e. The summed E-state index contributed by atoms with van der Waals surface area (Å²) in [7, 11) is 0. The Kier molecular flexibility index (Phi) is 2.15. The number of fused-ring (bicyclic) bond motifs is 1. The second-order valence-corrected chi connectivity index (χ2v) is 3.10. The molecule has 6 heteroatoms. The molecule has 0 aromatic carbocycles. The molecule has 2 rings (SSSR count). The zero-order chi connectivity index (χ0) is 11.1. The van der Waals surface area contributed by atoms with Crippen molar-refractivity contribution in [3.63, 3.8) is 0 Å². The molecule has 2 aromatic rings. The van der Waals surface area contributed by atoms with Crippen LogP contribution in [0.2, 0.25) is 0 Å². The van der Waals surface area contributed by atoms with E-state index in [0.717, 1.165) is 12.1 Å². The summed E-state index contributed by atoms with van der Waals surface area (Å²) in [5.41, 5.74) is 5.63. The molecule has 0 saturated heterocycles. The minimum Gasteiger partial charge on any atom is -0.325 e. The second kappa shape index (κ2) is 3.23. The van der Waals surface area contributed by atoms with Crippen molar-refractivity contribution in [2.24, 2.45) is 5.73 Å². The quantitative estimate of drug-likeness (QED) is 0.788. The molecule has 0 unspecified atom stereocenters. The SMILES string of the molecule is NCc1cnc2cc(C(F)(F)F)ccn12. The zero-order valence-electron chi connectivity index (χ0n) is 7.62. The lowest BCUT2D eigenvalue weighted by molar-refractivity contribution is -0.137. The van der Waals surface area contributed by atoms with Crippen LogP contribution in [0.5, 0.6) is 0 Å². The van der Waals surface area contributed by atoms with E-state index in [1.807, 2.05) is 0 Å². The van der Waals surface area contributed by atoms with Crippen molar-refractivity contribution in [2.75, 3.05) is 0 Å². The summed E-state index contributed by atoms with van der Waals surface area (Å²) in [6.45, 7) is 0.243. The van der Waals surface area contributed by atoms with E-state index in [0.29, 0.717) is 5.69 Å². The molecule has 0 saturated carbocycles. The third kappa shape index (κ3) is 1.68. The molecule has 0 spiro atoms. The lowest BCUT2D eigenvalue weighted by Gasteiger charge is -2.06. The van der Waals surface area contributed by atoms with Gasteiger partial charge < -0.3 is 10.1 Å².